The molecule has 2 aromatic rings. The summed E-state index contributed by atoms with van der Waals surface area (Å²) >= 11 is 0. The fourth-order valence-electron chi connectivity index (χ4n) is 2.11. The highest BCUT2D eigenvalue weighted by atomic mass is 15.6. The summed E-state index contributed by atoms with van der Waals surface area (Å²) < 4.78 is 0. The molecule has 1 aromatic carbocycles. The van der Waals surface area contributed by atoms with Crippen LogP contribution in [0.4, 0.5) is 0 Å². The minimum absolute atomic E-state index is 0.139. The minimum atomic E-state index is 0.139. The second-order valence-corrected chi connectivity index (χ2v) is 5.07. The zero-order chi connectivity index (χ0) is 13.8. The fraction of sp³-hybridized carbons (Fsp3) is 0.500. The molecule has 0 bridgehead atoms. The van der Waals surface area contributed by atoms with Crippen LogP contribution in [0.1, 0.15) is 42.6 Å². The molecule has 0 aliphatic carbocycles. The van der Waals surface area contributed by atoms with Gasteiger partial charge < -0.3 is 5.32 Å². The van der Waals surface area contributed by atoms with Crippen LogP contribution in [0.5, 0.6) is 0 Å². The van der Waals surface area contributed by atoms with Gasteiger partial charge in [-0.05, 0) is 29.3 Å². The van der Waals surface area contributed by atoms with Crippen LogP contribution in [0, 0.1) is 0 Å². The van der Waals surface area contributed by atoms with Crippen molar-refractivity contribution in [3.05, 3.63) is 41.2 Å². The Bertz CT molecular complexity index is 515. The van der Waals surface area contributed by atoms with Gasteiger partial charge in [0.25, 0.3) is 0 Å². The first-order valence-corrected chi connectivity index (χ1v) is 6.60. The van der Waals surface area contributed by atoms with Crippen LogP contribution in [-0.2, 0) is 7.05 Å². The smallest absolute Gasteiger partial charge is 0.183 e. The zero-order valence-electron chi connectivity index (χ0n) is 12.0. The predicted molar refractivity (Wildman–Crippen MR) is 75.1 cm³/mol. The fourth-order valence-corrected chi connectivity index (χ4v) is 2.11. The van der Waals surface area contributed by atoms with Crippen LogP contribution in [-0.4, -0.2) is 33.8 Å². The summed E-state index contributed by atoms with van der Waals surface area (Å²) in [4.78, 5) is 1.50. The van der Waals surface area contributed by atoms with Gasteiger partial charge in [-0.25, -0.2) is 0 Å². The maximum Gasteiger partial charge on any atom is 0.183 e. The Labute approximate surface area is 114 Å². The van der Waals surface area contributed by atoms with Crippen molar-refractivity contribution in [2.24, 2.45) is 7.05 Å². The number of hydrogen-bond donors (Lipinski definition) is 1. The molecule has 19 heavy (non-hydrogen) atoms. The zero-order valence-corrected chi connectivity index (χ0v) is 12.0. The van der Waals surface area contributed by atoms with Crippen molar-refractivity contribution in [1.29, 1.82) is 0 Å². The summed E-state index contributed by atoms with van der Waals surface area (Å²) in [6.07, 6.45) is 0. The van der Waals surface area contributed by atoms with Crippen molar-refractivity contribution in [2.75, 3.05) is 13.6 Å². The van der Waals surface area contributed by atoms with Gasteiger partial charge in [-0.1, -0.05) is 38.1 Å². The SMILES string of the molecule is CNCC(c1ccc(C(C)C)cc1)c1nnn(C)n1. The Morgan fingerprint density at radius 3 is 2.26 bits per heavy atom. The lowest BCUT2D eigenvalue weighted by Crippen LogP contribution is -2.19. The largest absolute Gasteiger partial charge is 0.319 e. The van der Waals surface area contributed by atoms with E-state index in [-0.39, 0.29) is 5.92 Å². The third kappa shape index (κ3) is 3.17. The highest BCUT2D eigenvalue weighted by Crippen LogP contribution is 2.23. The highest BCUT2D eigenvalue weighted by Gasteiger charge is 2.18. The van der Waals surface area contributed by atoms with Crippen molar-refractivity contribution >= 4 is 0 Å². The van der Waals surface area contributed by atoms with Gasteiger partial charge in [0.05, 0.1) is 13.0 Å². The molecule has 2 rings (SSSR count). The van der Waals surface area contributed by atoms with Gasteiger partial charge in [0.1, 0.15) is 0 Å². The van der Waals surface area contributed by atoms with E-state index in [4.69, 9.17) is 0 Å². The number of aryl methyl sites for hydroxylation is 1. The predicted octanol–water partition coefficient (Wildman–Crippen LogP) is 1.68. The van der Waals surface area contributed by atoms with E-state index < -0.39 is 0 Å². The molecule has 1 unspecified atom stereocenters. The molecule has 0 aliphatic heterocycles. The summed E-state index contributed by atoms with van der Waals surface area (Å²) in [5.74, 6) is 1.44. The van der Waals surface area contributed by atoms with E-state index in [0.29, 0.717) is 5.92 Å². The minimum Gasteiger partial charge on any atom is -0.319 e. The van der Waals surface area contributed by atoms with E-state index in [0.717, 1.165) is 12.4 Å². The van der Waals surface area contributed by atoms with Gasteiger partial charge in [0.2, 0.25) is 0 Å². The van der Waals surface area contributed by atoms with Gasteiger partial charge in [-0.15, -0.1) is 10.2 Å². The average molecular weight is 259 g/mol. The number of benzene rings is 1. The van der Waals surface area contributed by atoms with Crippen LogP contribution >= 0.6 is 0 Å². The topological polar surface area (TPSA) is 55.6 Å². The van der Waals surface area contributed by atoms with Gasteiger partial charge in [-0.3, -0.25) is 0 Å². The van der Waals surface area contributed by atoms with Crippen LogP contribution in [0.25, 0.3) is 0 Å². The second kappa shape index (κ2) is 5.93. The Morgan fingerprint density at radius 1 is 1.16 bits per heavy atom. The molecular formula is C14H21N5. The van der Waals surface area contributed by atoms with E-state index >= 15 is 0 Å². The lowest BCUT2D eigenvalue weighted by atomic mass is 9.94. The number of likely N-dealkylation sites (N-methyl/N-ethyl adjacent to an activating group) is 1. The monoisotopic (exact) mass is 259 g/mol. The van der Waals surface area contributed by atoms with Crippen molar-refractivity contribution in [2.45, 2.75) is 25.7 Å². The molecule has 1 atom stereocenters. The summed E-state index contributed by atoms with van der Waals surface area (Å²) in [5.41, 5.74) is 2.56. The summed E-state index contributed by atoms with van der Waals surface area (Å²) in [6, 6.07) is 8.68. The van der Waals surface area contributed by atoms with Crippen LogP contribution < -0.4 is 5.32 Å². The standard InChI is InChI=1S/C14H21N5/c1-10(2)11-5-7-12(8-6-11)13(9-15-3)14-16-18-19(4)17-14/h5-8,10,13,15H,9H2,1-4H3. The van der Waals surface area contributed by atoms with Crippen molar-refractivity contribution < 1.29 is 0 Å². The van der Waals surface area contributed by atoms with Crippen LogP contribution in [0.15, 0.2) is 24.3 Å². The maximum absolute atomic E-state index is 4.32. The van der Waals surface area contributed by atoms with E-state index in [1.165, 1.54) is 15.9 Å². The van der Waals surface area contributed by atoms with E-state index in [1.54, 1.807) is 7.05 Å². The summed E-state index contributed by atoms with van der Waals surface area (Å²) in [7, 11) is 3.72. The molecule has 0 amide bonds. The van der Waals surface area contributed by atoms with Gasteiger partial charge >= 0.3 is 0 Å². The van der Waals surface area contributed by atoms with Gasteiger partial charge in [0.15, 0.2) is 5.82 Å². The molecule has 0 spiro atoms. The molecule has 0 saturated heterocycles. The van der Waals surface area contributed by atoms with Crippen molar-refractivity contribution in [3.8, 4) is 0 Å². The first-order chi connectivity index (χ1) is 9.11. The van der Waals surface area contributed by atoms with E-state index in [9.17, 15) is 0 Å². The maximum atomic E-state index is 4.32. The third-order valence-electron chi connectivity index (χ3n) is 3.25. The number of nitrogens with one attached hydrogen (secondary N) is 1. The Hall–Kier alpha value is -1.75. The van der Waals surface area contributed by atoms with E-state index in [1.807, 2.05) is 7.05 Å². The van der Waals surface area contributed by atoms with Gasteiger partial charge in [0, 0.05) is 6.54 Å². The van der Waals surface area contributed by atoms with Crippen LogP contribution in [0.3, 0.4) is 0 Å². The highest BCUT2D eigenvalue weighted by molar-refractivity contribution is 5.30. The lowest BCUT2D eigenvalue weighted by Gasteiger charge is -2.14. The number of aromatic nitrogens is 4. The van der Waals surface area contributed by atoms with Crippen LogP contribution in [0.2, 0.25) is 0 Å². The summed E-state index contributed by atoms with van der Waals surface area (Å²) in [5, 5.41) is 15.6. The number of hydrogen-bond acceptors (Lipinski definition) is 4. The molecule has 0 aliphatic rings. The molecule has 1 heterocycles. The molecule has 1 N–H and O–H groups in total. The number of nitrogens with zero attached hydrogens (tertiary/aromatic N) is 4. The first kappa shape index (κ1) is 13.7. The van der Waals surface area contributed by atoms with Gasteiger partial charge in [-0.2, -0.15) is 4.80 Å². The molecule has 102 valence electrons. The molecule has 5 nitrogen and oxygen atoms in total. The summed E-state index contributed by atoms with van der Waals surface area (Å²) in [6.45, 7) is 5.20. The Balaban J connectivity index is 2.28. The Kier molecular flexibility index (Phi) is 4.27. The van der Waals surface area contributed by atoms with Crippen molar-refractivity contribution in [1.82, 2.24) is 25.5 Å². The molecule has 0 saturated carbocycles. The van der Waals surface area contributed by atoms with Crippen molar-refractivity contribution in [3.63, 3.8) is 0 Å². The molecule has 0 fully saturated rings. The lowest BCUT2D eigenvalue weighted by molar-refractivity contribution is 0.619. The number of tetrazole rings is 1. The normalized spacial score (nSPS) is 12.9. The second-order valence-electron chi connectivity index (χ2n) is 5.07. The molecule has 0 radical (unpaired) electrons. The Morgan fingerprint density at radius 2 is 1.79 bits per heavy atom. The number of rotatable bonds is 5. The van der Waals surface area contributed by atoms with E-state index in [2.05, 4.69) is 58.8 Å². The quantitative estimate of drug-likeness (QED) is 0.887. The average Bonchev–Trinajstić information content (AvgIpc) is 2.82. The third-order valence-corrected chi connectivity index (χ3v) is 3.25. The molecular weight excluding hydrogens is 238 g/mol. The first-order valence-electron chi connectivity index (χ1n) is 6.60. The molecule has 1 aromatic heterocycles. The molecule has 5 heteroatoms.